The topological polar surface area (TPSA) is 108 Å². The number of benzene rings is 1. The van der Waals surface area contributed by atoms with E-state index in [0.717, 1.165) is 39.9 Å². The van der Waals surface area contributed by atoms with E-state index in [1.54, 1.807) is 12.3 Å². The van der Waals surface area contributed by atoms with Crippen LogP contribution in [0.25, 0.3) is 11.3 Å². The molecule has 7 nitrogen and oxygen atoms in total. The molecule has 3 heterocycles. The van der Waals surface area contributed by atoms with E-state index in [-0.39, 0.29) is 5.49 Å². The maximum Gasteiger partial charge on any atom is 0.143 e. The van der Waals surface area contributed by atoms with E-state index < -0.39 is 0 Å². The Balaban J connectivity index is 1.67. The summed E-state index contributed by atoms with van der Waals surface area (Å²) in [5, 5.41) is 11.3. The number of aryl methyl sites for hydroxylation is 3. The second kappa shape index (κ2) is 8.47. The molecule has 0 aliphatic heterocycles. The summed E-state index contributed by atoms with van der Waals surface area (Å²) in [5.74, 6) is 6.75. The molecule has 0 atom stereocenters. The molecule has 0 fully saturated rings. The lowest BCUT2D eigenvalue weighted by Crippen LogP contribution is -2.25. The van der Waals surface area contributed by atoms with Crippen LogP contribution in [0, 0.1) is 26.2 Å². The highest BCUT2D eigenvalue weighted by Gasteiger charge is 2.14. The van der Waals surface area contributed by atoms with Gasteiger partial charge in [0.25, 0.3) is 0 Å². The monoisotopic (exact) mass is 413 g/mol. The zero-order valence-corrected chi connectivity index (χ0v) is 18.0. The maximum atomic E-state index is 7.83. The van der Waals surface area contributed by atoms with Crippen LogP contribution in [-0.4, -0.2) is 19.6 Å². The van der Waals surface area contributed by atoms with Crippen molar-refractivity contribution in [2.45, 2.75) is 33.7 Å². The number of nitrogens with zero attached hydrogens (tertiary/aromatic N) is 3. The Kier molecular flexibility index (Phi) is 5.58. The van der Waals surface area contributed by atoms with Gasteiger partial charge in [-0.25, -0.2) is 4.98 Å². The largest absolute Gasteiger partial charge is 0.378 e. The number of aromatic amines is 1. The summed E-state index contributed by atoms with van der Waals surface area (Å²) < 4.78 is 1.30. The Bertz CT molecular complexity index is 1260. The molecule has 0 bridgehead atoms. The van der Waals surface area contributed by atoms with Gasteiger partial charge in [0.05, 0.1) is 12.2 Å². The van der Waals surface area contributed by atoms with Crippen LogP contribution in [0.15, 0.2) is 54.7 Å². The van der Waals surface area contributed by atoms with E-state index >= 15 is 0 Å². The van der Waals surface area contributed by atoms with Crippen LogP contribution in [0.1, 0.15) is 34.0 Å². The van der Waals surface area contributed by atoms with Gasteiger partial charge in [0.1, 0.15) is 11.3 Å². The van der Waals surface area contributed by atoms with Crippen molar-refractivity contribution in [2.75, 3.05) is 11.2 Å². The van der Waals surface area contributed by atoms with E-state index in [2.05, 4.69) is 47.3 Å². The average molecular weight is 414 g/mol. The Hall–Kier alpha value is -3.87. The fraction of sp³-hybridized carbons (Fsp3) is 0.208. The first-order valence-electron chi connectivity index (χ1n) is 10.2. The number of anilines is 1. The van der Waals surface area contributed by atoms with Crippen LogP contribution < -0.4 is 16.6 Å². The van der Waals surface area contributed by atoms with E-state index in [1.807, 2.05) is 31.2 Å². The van der Waals surface area contributed by atoms with Crippen molar-refractivity contribution in [2.24, 2.45) is 0 Å². The Morgan fingerprint density at radius 1 is 1.03 bits per heavy atom. The fourth-order valence-corrected chi connectivity index (χ4v) is 3.71. The van der Waals surface area contributed by atoms with Gasteiger partial charge in [0.15, 0.2) is 0 Å². The number of rotatable bonds is 6. The van der Waals surface area contributed by atoms with Gasteiger partial charge in [-0.15, -0.1) is 0 Å². The van der Waals surface area contributed by atoms with E-state index in [9.17, 15) is 0 Å². The third kappa shape index (κ3) is 4.83. The molecule has 4 rings (SSSR count). The maximum absolute atomic E-state index is 7.83. The third-order valence-electron chi connectivity index (χ3n) is 5.06. The Morgan fingerprint density at radius 2 is 1.81 bits per heavy atom. The lowest BCUT2D eigenvalue weighted by Gasteiger charge is -2.07. The lowest BCUT2D eigenvalue weighted by atomic mass is 10.1. The van der Waals surface area contributed by atoms with Crippen molar-refractivity contribution in [3.63, 3.8) is 0 Å². The summed E-state index contributed by atoms with van der Waals surface area (Å²) in [4.78, 5) is 13.0. The van der Waals surface area contributed by atoms with Gasteiger partial charge in [0, 0.05) is 41.0 Å². The number of pyridine rings is 2. The number of nitrogens with two attached hydrogens (primary N) is 1. The number of imidazole rings is 1. The zero-order valence-electron chi connectivity index (χ0n) is 18.0. The van der Waals surface area contributed by atoms with Gasteiger partial charge in [0.2, 0.25) is 0 Å². The van der Waals surface area contributed by atoms with Gasteiger partial charge >= 0.3 is 0 Å². The quantitative estimate of drug-likeness (QED) is 0.362. The molecule has 158 valence electrons. The first kappa shape index (κ1) is 20.4. The molecular formula is C24H27N7. The minimum atomic E-state index is 0.234. The highest BCUT2D eigenvalue weighted by Crippen LogP contribution is 2.23. The summed E-state index contributed by atoms with van der Waals surface area (Å²) in [7, 11) is 0. The molecule has 7 heteroatoms. The summed E-state index contributed by atoms with van der Waals surface area (Å²) in [6.45, 7) is 6.74. The van der Waals surface area contributed by atoms with Crippen molar-refractivity contribution < 1.29 is 0 Å². The molecule has 0 aliphatic carbocycles. The van der Waals surface area contributed by atoms with Crippen LogP contribution in [0.5, 0.6) is 0 Å². The highest BCUT2D eigenvalue weighted by molar-refractivity contribution is 5.62. The minimum absolute atomic E-state index is 0.234. The predicted octanol–water partition coefficient (Wildman–Crippen LogP) is 3.59. The number of H-pyrrole nitrogens is 1. The summed E-state index contributed by atoms with van der Waals surface area (Å²) in [6.07, 6.45) is 2.35. The van der Waals surface area contributed by atoms with Gasteiger partial charge in [-0.1, -0.05) is 12.1 Å². The average Bonchev–Trinajstić information content (AvgIpc) is 3.10. The molecule has 0 saturated carbocycles. The minimum Gasteiger partial charge on any atom is -0.378 e. The van der Waals surface area contributed by atoms with Crippen LogP contribution >= 0.6 is 0 Å². The van der Waals surface area contributed by atoms with Gasteiger partial charge in [-0.05, 0) is 68.3 Å². The van der Waals surface area contributed by atoms with Gasteiger partial charge in [-0.2, -0.15) is 0 Å². The summed E-state index contributed by atoms with van der Waals surface area (Å²) >= 11 is 0. The second-order valence-electron chi connectivity index (χ2n) is 7.90. The summed E-state index contributed by atoms with van der Waals surface area (Å²) in [5.41, 5.74) is 8.33. The van der Waals surface area contributed by atoms with Crippen molar-refractivity contribution in [1.82, 2.24) is 19.6 Å². The summed E-state index contributed by atoms with van der Waals surface area (Å²) in [6, 6.07) is 16.0. The fourth-order valence-electron chi connectivity index (χ4n) is 3.71. The number of nitrogen functional groups attached to an aromatic ring is 1. The molecule has 3 aromatic heterocycles. The highest BCUT2D eigenvalue weighted by atomic mass is 15.3. The molecule has 0 amide bonds. The molecule has 0 aliphatic rings. The number of nitrogens with one attached hydrogen (secondary N) is 3. The van der Waals surface area contributed by atoms with Gasteiger partial charge < -0.3 is 16.1 Å². The lowest BCUT2D eigenvalue weighted by molar-refractivity contribution is 0.881. The zero-order chi connectivity index (χ0) is 22.0. The van der Waals surface area contributed by atoms with Gasteiger partial charge in [-0.3, -0.25) is 15.1 Å². The van der Waals surface area contributed by atoms with Crippen molar-refractivity contribution >= 4 is 5.69 Å². The molecule has 31 heavy (non-hydrogen) atoms. The molecule has 0 radical (unpaired) electrons. The Labute approximate surface area is 181 Å². The van der Waals surface area contributed by atoms with Crippen LogP contribution in [0.2, 0.25) is 0 Å². The molecular weight excluding hydrogens is 386 g/mol. The molecule has 5 N–H and O–H groups in total. The Morgan fingerprint density at radius 3 is 2.52 bits per heavy atom. The van der Waals surface area contributed by atoms with Crippen molar-refractivity contribution in [1.29, 1.82) is 5.41 Å². The predicted molar refractivity (Wildman–Crippen MR) is 123 cm³/mol. The van der Waals surface area contributed by atoms with E-state index in [1.165, 1.54) is 15.8 Å². The van der Waals surface area contributed by atoms with Crippen molar-refractivity contribution in [3.05, 3.63) is 94.2 Å². The van der Waals surface area contributed by atoms with Crippen LogP contribution in [-0.2, 0) is 13.0 Å². The normalized spacial score (nSPS) is 10.9. The van der Waals surface area contributed by atoms with E-state index in [4.69, 9.17) is 16.2 Å². The van der Waals surface area contributed by atoms with Crippen LogP contribution in [0.3, 0.4) is 0 Å². The number of aromatic nitrogens is 4. The molecule has 0 saturated heterocycles. The standard InChI is InChI=1S/C24H27N7/c1-15-9-16(2)11-20(10-15)27-13-23-29-21(12-19-6-4-5-17(3)28-19)24(30-23)18-7-8-22(25)31(26)14-18/h4-11,14,25,27H,12-13,26H2,1-3H3,(H,29,30). The third-order valence-corrected chi connectivity index (χ3v) is 5.06. The van der Waals surface area contributed by atoms with E-state index in [0.29, 0.717) is 13.0 Å². The van der Waals surface area contributed by atoms with Crippen molar-refractivity contribution in [3.8, 4) is 11.3 Å². The molecule has 0 unspecified atom stereocenters. The SMILES string of the molecule is Cc1cc(C)cc(NCc2nc(-c3ccc(=N)n(N)c3)c(Cc3cccc(C)n3)[nH]2)c1. The first-order valence-corrected chi connectivity index (χ1v) is 10.2. The first-order chi connectivity index (χ1) is 14.9. The molecule has 4 aromatic rings. The van der Waals surface area contributed by atoms with Crippen LogP contribution in [0.4, 0.5) is 5.69 Å². The smallest absolute Gasteiger partial charge is 0.143 e. The molecule has 0 spiro atoms. The number of hydrogen-bond acceptors (Lipinski definition) is 5. The second-order valence-corrected chi connectivity index (χ2v) is 7.90. The number of hydrogen-bond donors (Lipinski definition) is 4. The molecule has 1 aromatic carbocycles.